The predicted molar refractivity (Wildman–Crippen MR) is 188 cm³/mol. The van der Waals surface area contributed by atoms with Gasteiger partial charge in [-0.15, -0.1) is 0 Å². The second-order valence-electron chi connectivity index (χ2n) is 10.6. The SMILES string of the molecule is COc1ccc(/C=C(\c2ccc(OC)cc2)c2ccc(C)cc2-c2ccccc2P(c2ccccc2)c2ccccc2)cc1. The molecule has 0 aliphatic heterocycles. The Morgan fingerprint density at radius 3 is 1.68 bits per heavy atom. The summed E-state index contributed by atoms with van der Waals surface area (Å²) in [6.45, 7) is 2.17. The second-order valence-corrected chi connectivity index (χ2v) is 12.8. The molecule has 0 amide bonds. The maximum absolute atomic E-state index is 5.50. The van der Waals surface area contributed by atoms with Crippen LogP contribution in [0.25, 0.3) is 22.8 Å². The van der Waals surface area contributed by atoms with Gasteiger partial charge in [0.05, 0.1) is 14.2 Å². The van der Waals surface area contributed by atoms with E-state index in [1.54, 1.807) is 14.2 Å². The third-order valence-electron chi connectivity index (χ3n) is 7.76. The van der Waals surface area contributed by atoms with Crippen LogP contribution in [0, 0.1) is 6.92 Å². The highest BCUT2D eigenvalue weighted by Gasteiger charge is 2.22. The predicted octanol–water partition coefficient (Wildman–Crippen LogP) is 9.03. The van der Waals surface area contributed by atoms with Crippen LogP contribution in [0.5, 0.6) is 11.5 Å². The van der Waals surface area contributed by atoms with Crippen molar-refractivity contribution in [3.63, 3.8) is 0 Å². The summed E-state index contributed by atoms with van der Waals surface area (Å²) in [6.07, 6.45) is 2.27. The minimum atomic E-state index is -0.796. The summed E-state index contributed by atoms with van der Waals surface area (Å²) in [5.74, 6) is 1.68. The smallest absolute Gasteiger partial charge is 0.118 e. The van der Waals surface area contributed by atoms with Gasteiger partial charge in [-0.25, -0.2) is 0 Å². The van der Waals surface area contributed by atoms with Crippen LogP contribution in [0.15, 0.2) is 152 Å². The molecule has 0 aliphatic rings. The van der Waals surface area contributed by atoms with Gasteiger partial charge in [-0.2, -0.15) is 0 Å². The first-order valence-electron chi connectivity index (χ1n) is 14.8. The molecule has 6 rings (SSSR count). The fourth-order valence-corrected chi connectivity index (χ4v) is 8.01. The summed E-state index contributed by atoms with van der Waals surface area (Å²) in [5, 5.41) is 4.00. The molecule has 0 aromatic heterocycles. The molecule has 3 heteroatoms. The van der Waals surface area contributed by atoms with Crippen molar-refractivity contribution in [2.45, 2.75) is 6.92 Å². The lowest BCUT2D eigenvalue weighted by atomic mass is 9.88. The van der Waals surface area contributed by atoms with Gasteiger partial charge in [0.25, 0.3) is 0 Å². The number of methoxy groups -OCH3 is 2. The van der Waals surface area contributed by atoms with Gasteiger partial charge in [-0.1, -0.05) is 133 Å². The molecule has 0 heterocycles. The Bertz CT molecular complexity index is 1820. The van der Waals surface area contributed by atoms with E-state index in [4.69, 9.17) is 9.47 Å². The Morgan fingerprint density at radius 2 is 1.09 bits per heavy atom. The van der Waals surface area contributed by atoms with E-state index in [0.717, 1.165) is 28.2 Å². The largest absolute Gasteiger partial charge is 0.497 e. The first-order valence-corrected chi connectivity index (χ1v) is 16.1. The van der Waals surface area contributed by atoms with Crippen LogP contribution in [0.3, 0.4) is 0 Å². The Kier molecular flexibility index (Phi) is 9.01. The summed E-state index contributed by atoms with van der Waals surface area (Å²) in [4.78, 5) is 0. The van der Waals surface area contributed by atoms with Gasteiger partial charge in [-0.05, 0) is 94.5 Å². The van der Waals surface area contributed by atoms with E-state index in [1.165, 1.54) is 38.2 Å². The van der Waals surface area contributed by atoms with Crippen LogP contribution in [0.2, 0.25) is 0 Å². The van der Waals surface area contributed by atoms with Crippen LogP contribution in [0.4, 0.5) is 0 Å². The number of ether oxygens (including phenoxy) is 2. The zero-order valence-electron chi connectivity index (χ0n) is 25.3. The zero-order chi connectivity index (χ0) is 30.3. The quantitative estimate of drug-likeness (QED) is 0.124. The average Bonchev–Trinajstić information content (AvgIpc) is 3.09. The highest BCUT2D eigenvalue weighted by molar-refractivity contribution is 7.80. The third-order valence-corrected chi connectivity index (χ3v) is 10.3. The molecule has 44 heavy (non-hydrogen) atoms. The standard InChI is InChI=1S/C41H35O2P/c1-30-18-27-37(39(32-21-25-34(43-3)26-22-32)29-31-19-23-33(42-2)24-20-31)40(28-30)38-16-10-11-17-41(38)44(35-12-6-4-7-13-35)36-14-8-5-9-15-36/h4-29H,1-3H3/b39-29+. The molecule has 6 aromatic carbocycles. The molecular formula is C41H35O2P. The lowest BCUT2D eigenvalue weighted by Crippen LogP contribution is -2.22. The molecule has 0 spiro atoms. The number of hydrogen-bond donors (Lipinski definition) is 0. The van der Waals surface area contributed by atoms with Gasteiger partial charge in [0, 0.05) is 0 Å². The van der Waals surface area contributed by atoms with Crippen molar-refractivity contribution in [1.29, 1.82) is 0 Å². The monoisotopic (exact) mass is 590 g/mol. The van der Waals surface area contributed by atoms with E-state index in [0.29, 0.717) is 0 Å². The highest BCUT2D eigenvalue weighted by atomic mass is 31.1. The average molecular weight is 591 g/mol. The van der Waals surface area contributed by atoms with Crippen LogP contribution in [0.1, 0.15) is 22.3 Å². The Balaban J connectivity index is 1.59. The number of aryl methyl sites for hydroxylation is 1. The van der Waals surface area contributed by atoms with Crippen LogP contribution < -0.4 is 25.4 Å². The molecule has 0 saturated carbocycles. The normalized spacial score (nSPS) is 11.4. The van der Waals surface area contributed by atoms with Crippen LogP contribution >= 0.6 is 7.92 Å². The van der Waals surface area contributed by atoms with Gasteiger partial charge in [0.15, 0.2) is 0 Å². The van der Waals surface area contributed by atoms with Gasteiger partial charge in [-0.3, -0.25) is 0 Å². The molecule has 0 atom stereocenters. The molecule has 0 bridgehead atoms. The summed E-state index contributed by atoms with van der Waals surface area (Å²) >= 11 is 0. The molecule has 0 aliphatic carbocycles. The fraction of sp³-hybridized carbons (Fsp3) is 0.0732. The molecule has 0 saturated heterocycles. The van der Waals surface area contributed by atoms with Crippen LogP contribution in [-0.2, 0) is 0 Å². The maximum atomic E-state index is 5.50. The maximum Gasteiger partial charge on any atom is 0.118 e. The first kappa shape index (κ1) is 29.2. The Hall–Kier alpha value is -4.91. The minimum Gasteiger partial charge on any atom is -0.497 e. The zero-order valence-corrected chi connectivity index (χ0v) is 26.2. The lowest BCUT2D eigenvalue weighted by molar-refractivity contribution is 0.414. The second kappa shape index (κ2) is 13.6. The van der Waals surface area contributed by atoms with Crippen molar-refractivity contribution in [1.82, 2.24) is 0 Å². The van der Waals surface area contributed by atoms with Gasteiger partial charge in [0.2, 0.25) is 0 Å². The van der Waals surface area contributed by atoms with Crippen molar-refractivity contribution in [3.05, 3.63) is 174 Å². The molecule has 216 valence electrons. The third kappa shape index (κ3) is 6.37. The van der Waals surface area contributed by atoms with Gasteiger partial charge in [0.1, 0.15) is 11.5 Å². The lowest BCUT2D eigenvalue weighted by Gasteiger charge is -2.24. The summed E-state index contributed by atoms with van der Waals surface area (Å²) in [5.41, 5.74) is 8.24. The molecule has 0 fully saturated rings. The molecule has 2 nitrogen and oxygen atoms in total. The van der Waals surface area contributed by atoms with Gasteiger partial charge < -0.3 is 9.47 Å². The minimum absolute atomic E-state index is 0.796. The molecule has 0 unspecified atom stereocenters. The van der Waals surface area contributed by atoms with E-state index in [2.05, 4.69) is 140 Å². The Morgan fingerprint density at radius 1 is 0.545 bits per heavy atom. The van der Waals surface area contributed by atoms with E-state index in [9.17, 15) is 0 Å². The van der Waals surface area contributed by atoms with Crippen LogP contribution in [-0.4, -0.2) is 14.2 Å². The molecule has 0 radical (unpaired) electrons. The van der Waals surface area contributed by atoms with Crippen molar-refractivity contribution in [2.24, 2.45) is 0 Å². The van der Waals surface area contributed by atoms with E-state index < -0.39 is 7.92 Å². The highest BCUT2D eigenvalue weighted by Crippen LogP contribution is 2.41. The first-order chi connectivity index (χ1) is 21.6. The summed E-state index contributed by atoms with van der Waals surface area (Å²) in [7, 11) is 2.61. The molecule has 0 N–H and O–H groups in total. The molecular weight excluding hydrogens is 555 g/mol. The summed E-state index contributed by atoms with van der Waals surface area (Å²) in [6, 6.07) is 54.2. The fourth-order valence-electron chi connectivity index (χ4n) is 5.55. The number of rotatable bonds is 9. The summed E-state index contributed by atoms with van der Waals surface area (Å²) < 4.78 is 10.9. The van der Waals surface area contributed by atoms with Crippen molar-refractivity contribution in [3.8, 4) is 22.6 Å². The van der Waals surface area contributed by atoms with E-state index >= 15 is 0 Å². The number of hydrogen-bond acceptors (Lipinski definition) is 2. The Labute approximate surface area is 262 Å². The van der Waals surface area contributed by atoms with E-state index in [1.807, 2.05) is 24.3 Å². The molecule has 6 aromatic rings. The van der Waals surface area contributed by atoms with Crippen molar-refractivity contribution in [2.75, 3.05) is 14.2 Å². The van der Waals surface area contributed by atoms with E-state index in [-0.39, 0.29) is 0 Å². The van der Waals surface area contributed by atoms with Gasteiger partial charge >= 0.3 is 0 Å². The van der Waals surface area contributed by atoms with Crippen molar-refractivity contribution < 1.29 is 9.47 Å². The number of benzene rings is 6. The van der Waals surface area contributed by atoms with Crippen molar-refractivity contribution >= 4 is 35.5 Å². The topological polar surface area (TPSA) is 18.5 Å².